The number of aryl methyl sites for hydroxylation is 1. The van der Waals surface area contributed by atoms with Crippen LogP contribution in [0.15, 0.2) is 12.1 Å². The van der Waals surface area contributed by atoms with Crippen LogP contribution < -0.4 is 5.32 Å². The van der Waals surface area contributed by atoms with Gasteiger partial charge in [-0.2, -0.15) is 0 Å². The number of piperidine rings is 1. The molecule has 0 radical (unpaired) electrons. The summed E-state index contributed by atoms with van der Waals surface area (Å²) >= 11 is 2.00. The number of nitrogens with one attached hydrogen (secondary N) is 1. The Morgan fingerprint density at radius 3 is 2.63 bits per heavy atom. The molecule has 1 saturated heterocycles. The molecule has 1 aromatic rings. The van der Waals surface area contributed by atoms with Crippen LogP contribution in [0, 0.1) is 5.92 Å². The Labute approximate surface area is 122 Å². The summed E-state index contributed by atoms with van der Waals surface area (Å²) in [6.45, 7) is 11.6. The Morgan fingerprint density at radius 1 is 1.32 bits per heavy atom. The topological polar surface area (TPSA) is 15.3 Å². The predicted octanol–water partition coefficient (Wildman–Crippen LogP) is 3.69. The summed E-state index contributed by atoms with van der Waals surface area (Å²) in [5.74, 6) is 0.887. The first kappa shape index (κ1) is 15.0. The summed E-state index contributed by atoms with van der Waals surface area (Å²) in [4.78, 5) is 5.72. The summed E-state index contributed by atoms with van der Waals surface area (Å²) in [6.07, 6.45) is 3.87. The van der Waals surface area contributed by atoms with Gasteiger partial charge in [0, 0.05) is 15.8 Å². The van der Waals surface area contributed by atoms with Gasteiger partial charge in [-0.3, -0.25) is 4.90 Å². The van der Waals surface area contributed by atoms with Crippen LogP contribution in [0.2, 0.25) is 0 Å². The molecule has 1 aromatic heterocycles. The lowest BCUT2D eigenvalue weighted by molar-refractivity contribution is 0.142. The van der Waals surface area contributed by atoms with E-state index >= 15 is 0 Å². The second-order valence-corrected chi connectivity index (χ2v) is 6.82. The molecule has 2 heterocycles. The fourth-order valence-corrected chi connectivity index (χ4v) is 3.92. The molecule has 0 amide bonds. The standard InChI is InChI=1S/C16H28N2S/c1-4-15-6-7-16(19-15)13(3)18-10-8-14(9-11-18)12-17-5-2/h6-7,13-14,17H,4-5,8-12H2,1-3H3. The maximum atomic E-state index is 3.49. The van der Waals surface area contributed by atoms with Crippen molar-refractivity contribution in [3.05, 3.63) is 21.9 Å². The fourth-order valence-electron chi connectivity index (χ4n) is 2.88. The normalized spacial score (nSPS) is 19.7. The summed E-state index contributed by atoms with van der Waals surface area (Å²) in [7, 11) is 0. The average molecular weight is 280 g/mol. The van der Waals surface area contributed by atoms with Crippen LogP contribution in [0.1, 0.15) is 49.4 Å². The van der Waals surface area contributed by atoms with Crippen molar-refractivity contribution >= 4 is 11.3 Å². The van der Waals surface area contributed by atoms with Gasteiger partial charge < -0.3 is 5.32 Å². The Balaban J connectivity index is 1.83. The molecule has 0 spiro atoms. The van der Waals surface area contributed by atoms with Crippen LogP contribution in [0.4, 0.5) is 0 Å². The molecule has 1 fully saturated rings. The number of likely N-dealkylation sites (tertiary alicyclic amines) is 1. The first-order chi connectivity index (χ1) is 9.24. The van der Waals surface area contributed by atoms with Gasteiger partial charge in [-0.1, -0.05) is 13.8 Å². The van der Waals surface area contributed by atoms with Crippen LogP contribution in [0.3, 0.4) is 0 Å². The van der Waals surface area contributed by atoms with Crippen LogP contribution in [-0.2, 0) is 6.42 Å². The Bertz CT molecular complexity index is 367. The SMILES string of the molecule is CCNCC1CCN(C(C)c2ccc(CC)s2)CC1. The summed E-state index contributed by atoms with van der Waals surface area (Å²) in [6, 6.07) is 5.23. The molecule has 2 nitrogen and oxygen atoms in total. The molecule has 2 rings (SSSR count). The summed E-state index contributed by atoms with van der Waals surface area (Å²) in [5.41, 5.74) is 0. The molecule has 0 bridgehead atoms. The monoisotopic (exact) mass is 280 g/mol. The van der Waals surface area contributed by atoms with Gasteiger partial charge in [0.1, 0.15) is 0 Å². The van der Waals surface area contributed by atoms with Crippen molar-refractivity contribution in [1.82, 2.24) is 10.2 Å². The quantitative estimate of drug-likeness (QED) is 0.855. The van der Waals surface area contributed by atoms with Crippen molar-refractivity contribution in [2.24, 2.45) is 5.92 Å². The van der Waals surface area contributed by atoms with E-state index in [0.717, 1.165) is 12.5 Å². The maximum Gasteiger partial charge on any atom is 0.0413 e. The number of hydrogen-bond acceptors (Lipinski definition) is 3. The second-order valence-electron chi connectivity index (χ2n) is 5.62. The minimum Gasteiger partial charge on any atom is -0.317 e. The zero-order valence-corrected chi connectivity index (χ0v) is 13.4. The Morgan fingerprint density at radius 2 is 2.05 bits per heavy atom. The lowest BCUT2D eigenvalue weighted by atomic mass is 9.95. The molecule has 1 atom stereocenters. The van der Waals surface area contributed by atoms with Crippen molar-refractivity contribution in [3.8, 4) is 0 Å². The predicted molar refractivity (Wildman–Crippen MR) is 85.0 cm³/mol. The van der Waals surface area contributed by atoms with Gasteiger partial charge in [-0.25, -0.2) is 0 Å². The molecular weight excluding hydrogens is 252 g/mol. The molecule has 19 heavy (non-hydrogen) atoms. The summed E-state index contributed by atoms with van der Waals surface area (Å²) < 4.78 is 0. The molecule has 1 aliphatic heterocycles. The minimum absolute atomic E-state index is 0.602. The van der Waals surface area contributed by atoms with E-state index in [2.05, 4.69) is 43.1 Å². The third-order valence-corrected chi connectivity index (χ3v) is 5.72. The highest BCUT2D eigenvalue weighted by Gasteiger charge is 2.23. The van der Waals surface area contributed by atoms with E-state index in [9.17, 15) is 0 Å². The van der Waals surface area contributed by atoms with E-state index < -0.39 is 0 Å². The number of nitrogens with zero attached hydrogens (tertiary/aromatic N) is 1. The second kappa shape index (κ2) is 7.41. The van der Waals surface area contributed by atoms with E-state index in [1.165, 1.54) is 43.8 Å². The van der Waals surface area contributed by atoms with E-state index in [-0.39, 0.29) is 0 Å². The molecule has 108 valence electrons. The van der Waals surface area contributed by atoms with Gasteiger partial charge in [-0.05, 0) is 70.4 Å². The average Bonchev–Trinajstić information content (AvgIpc) is 2.94. The number of rotatable bonds is 6. The zero-order chi connectivity index (χ0) is 13.7. The third-order valence-electron chi connectivity index (χ3n) is 4.32. The largest absolute Gasteiger partial charge is 0.317 e. The van der Waals surface area contributed by atoms with Crippen LogP contribution in [0.25, 0.3) is 0 Å². The Kier molecular flexibility index (Phi) is 5.86. The van der Waals surface area contributed by atoms with Crippen molar-refractivity contribution < 1.29 is 0 Å². The van der Waals surface area contributed by atoms with Crippen molar-refractivity contribution in [2.75, 3.05) is 26.2 Å². The van der Waals surface area contributed by atoms with Crippen LogP contribution in [-0.4, -0.2) is 31.1 Å². The van der Waals surface area contributed by atoms with Crippen LogP contribution >= 0.6 is 11.3 Å². The van der Waals surface area contributed by atoms with Crippen LogP contribution in [0.5, 0.6) is 0 Å². The fraction of sp³-hybridized carbons (Fsp3) is 0.750. The first-order valence-electron chi connectivity index (χ1n) is 7.78. The molecule has 1 N–H and O–H groups in total. The Hall–Kier alpha value is -0.380. The van der Waals surface area contributed by atoms with Gasteiger partial charge in [0.25, 0.3) is 0 Å². The van der Waals surface area contributed by atoms with Gasteiger partial charge in [0.2, 0.25) is 0 Å². The van der Waals surface area contributed by atoms with Gasteiger partial charge in [0.05, 0.1) is 0 Å². The van der Waals surface area contributed by atoms with Crippen molar-refractivity contribution in [2.45, 2.75) is 46.1 Å². The highest BCUT2D eigenvalue weighted by Crippen LogP contribution is 2.30. The highest BCUT2D eigenvalue weighted by atomic mass is 32.1. The van der Waals surface area contributed by atoms with E-state index in [1.807, 2.05) is 11.3 Å². The van der Waals surface area contributed by atoms with E-state index in [1.54, 1.807) is 4.88 Å². The van der Waals surface area contributed by atoms with Crippen molar-refractivity contribution in [1.29, 1.82) is 0 Å². The molecule has 1 aliphatic rings. The molecule has 1 unspecified atom stereocenters. The number of thiophene rings is 1. The third kappa shape index (κ3) is 4.04. The molecule has 0 saturated carbocycles. The number of hydrogen-bond donors (Lipinski definition) is 1. The highest BCUT2D eigenvalue weighted by molar-refractivity contribution is 7.12. The van der Waals surface area contributed by atoms with Gasteiger partial charge in [-0.15, -0.1) is 11.3 Å². The lowest BCUT2D eigenvalue weighted by Crippen LogP contribution is -2.38. The zero-order valence-electron chi connectivity index (χ0n) is 12.6. The maximum absolute atomic E-state index is 3.49. The first-order valence-corrected chi connectivity index (χ1v) is 8.59. The van der Waals surface area contributed by atoms with E-state index in [4.69, 9.17) is 0 Å². The molecule has 0 aliphatic carbocycles. The smallest absolute Gasteiger partial charge is 0.0413 e. The lowest BCUT2D eigenvalue weighted by Gasteiger charge is -2.35. The molecule has 3 heteroatoms. The minimum atomic E-state index is 0.602. The van der Waals surface area contributed by atoms with E-state index in [0.29, 0.717) is 6.04 Å². The summed E-state index contributed by atoms with van der Waals surface area (Å²) in [5, 5.41) is 3.49. The molecular formula is C16H28N2S. The van der Waals surface area contributed by atoms with Gasteiger partial charge >= 0.3 is 0 Å². The van der Waals surface area contributed by atoms with Gasteiger partial charge in [0.15, 0.2) is 0 Å². The van der Waals surface area contributed by atoms with Crippen molar-refractivity contribution in [3.63, 3.8) is 0 Å². The molecule has 0 aromatic carbocycles.